The van der Waals surface area contributed by atoms with E-state index < -0.39 is 0 Å². The number of carbonyl (C=O) groups excluding carboxylic acids is 1. The van der Waals surface area contributed by atoms with E-state index in [0.29, 0.717) is 19.8 Å². The van der Waals surface area contributed by atoms with E-state index in [1.54, 1.807) is 6.92 Å². The highest BCUT2D eigenvalue weighted by Gasteiger charge is 1.99. The average Bonchev–Trinajstić information content (AvgIpc) is 2.40. The van der Waals surface area contributed by atoms with E-state index in [0.717, 1.165) is 38.8 Å². The van der Waals surface area contributed by atoms with Crippen molar-refractivity contribution in [3.8, 4) is 0 Å². The molecule has 0 aromatic carbocycles. The van der Waals surface area contributed by atoms with Crippen molar-refractivity contribution in [3.63, 3.8) is 0 Å². The van der Waals surface area contributed by atoms with E-state index in [1.807, 2.05) is 0 Å². The zero-order valence-corrected chi connectivity index (χ0v) is 11.6. The molecule has 0 aliphatic rings. The monoisotopic (exact) mass is 272 g/mol. The first-order valence-electron chi connectivity index (χ1n) is 6.76. The van der Waals surface area contributed by atoms with Crippen molar-refractivity contribution >= 4 is 5.97 Å². The third-order valence-electron chi connectivity index (χ3n) is 2.33. The van der Waals surface area contributed by atoms with E-state index in [9.17, 15) is 4.79 Å². The van der Waals surface area contributed by atoms with Gasteiger partial charge in [0.2, 0.25) is 0 Å². The van der Waals surface area contributed by atoms with E-state index in [2.05, 4.69) is 15.3 Å². The van der Waals surface area contributed by atoms with Gasteiger partial charge in [0.25, 0.3) is 0 Å². The number of azide groups is 1. The summed E-state index contributed by atoms with van der Waals surface area (Å²) in [6.07, 6.45) is 3.72. The van der Waals surface area contributed by atoms with Crippen LogP contribution in [0.4, 0.5) is 0 Å². The van der Waals surface area contributed by atoms with Crippen molar-refractivity contribution in [1.82, 2.24) is 5.32 Å². The molecular formula is C12H24N4O3. The zero-order chi connectivity index (χ0) is 14.2. The summed E-state index contributed by atoms with van der Waals surface area (Å²) < 4.78 is 10.2. The molecule has 0 spiro atoms. The lowest BCUT2D eigenvalue weighted by molar-refractivity contribution is -0.141. The third kappa shape index (κ3) is 14.6. The van der Waals surface area contributed by atoms with Crippen LogP contribution in [0.2, 0.25) is 0 Å². The first-order valence-corrected chi connectivity index (χ1v) is 6.76. The number of ether oxygens (including phenoxy) is 2. The smallest absolute Gasteiger partial charge is 0.319 e. The minimum absolute atomic E-state index is 0.209. The Morgan fingerprint density at radius 3 is 2.68 bits per heavy atom. The molecule has 0 atom stereocenters. The Bertz CT molecular complexity index is 268. The minimum atomic E-state index is -0.209. The summed E-state index contributed by atoms with van der Waals surface area (Å²) in [4.78, 5) is 13.7. The molecule has 0 heterocycles. The van der Waals surface area contributed by atoms with E-state index in [-0.39, 0.29) is 12.5 Å². The average molecular weight is 272 g/mol. The van der Waals surface area contributed by atoms with Gasteiger partial charge in [0.1, 0.15) is 0 Å². The topological polar surface area (TPSA) is 96.3 Å². The van der Waals surface area contributed by atoms with Gasteiger partial charge in [-0.2, -0.15) is 0 Å². The molecule has 0 saturated heterocycles. The number of unbranched alkanes of at least 4 members (excludes halogenated alkanes) is 2. The standard InChI is InChI=1S/C12H24N4O3/c1-2-19-12(17)11-14-7-3-5-9-18-10-6-4-8-15-16-13/h14H,2-11H2,1H3. The molecule has 0 aromatic heterocycles. The number of nitrogens with one attached hydrogen (secondary N) is 1. The van der Waals surface area contributed by atoms with Gasteiger partial charge in [-0.25, -0.2) is 0 Å². The fourth-order valence-electron chi connectivity index (χ4n) is 1.39. The van der Waals surface area contributed by atoms with Crippen LogP contribution in [0.3, 0.4) is 0 Å². The number of esters is 1. The van der Waals surface area contributed by atoms with Gasteiger partial charge in [-0.3, -0.25) is 4.79 Å². The second-order valence-electron chi connectivity index (χ2n) is 3.96. The summed E-state index contributed by atoms with van der Waals surface area (Å²) >= 11 is 0. The van der Waals surface area contributed by atoms with Crippen molar-refractivity contribution in [1.29, 1.82) is 0 Å². The van der Waals surface area contributed by atoms with Crippen molar-refractivity contribution in [3.05, 3.63) is 10.4 Å². The summed E-state index contributed by atoms with van der Waals surface area (Å²) in [5, 5.41) is 6.46. The van der Waals surface area contributed by atoms with Gasteiger partial charge >= 0.3 is 5.97 Å². The molecule has 110 valence electrons. The third-order valence-corrected chi connectivity index (χ3v) is 2.33. The van der Waals surface area contributed by atoms with E-state index in [4.69, 9.17) is 15.0 Å². The Morgan fingerprint density at radius 1 is 1.26 bits per heavy atom. The van der Waals surface area contributed by atoms with Gasteiger partial charge in [0, 0.05) is 24.7 Å². The van der Waals surface area contributed by atoms with Gasteiger partial charge < -0.3 is 14.8 Å². The van der Waals surface area contributed by atoms with Crippen LogP contribution in [0.15, 0.2) is 5.11 Å². The molecule has 19 heavy (non-hydrogen) atoms. The fraction of sp³-hybridized carbons (Fsp3) is 0.917. The van der Waals surface area contributed by atoms with Crippen LogP contribution in [0.25, 0.3) is 10.4 Å². The molecule has 0 unspecified atom stereocenters. The molecule has 1 N–H and O–H groups in total. The van der Waals surface area contributed by atoms with Crippen molar-refractivity contribution < 1.29 is 14.3 Å². The number of nitrogens with zero attached hydrogens (tertiary/aromatic N) is 3. The molecule has 0 saturated carbocycles. The maximum Gasteiger partial charge on any atom is 0.319 e. The molecule has 0 radical (unpaired) electrons. The van der Waals surface area contributed by atoms with Gasteiger partial charge in [-0.1, -0.05) is 5.11 Å². The lowest BCUT2D eigenvalue weighted by atomic mass is 10.3. The molecule has 0 amide bonds. The second kappa shape index (κ2) is 14.8. The van der Waals surface area contributed by atoms with Crippen LogP contribution in [0.1, 0.15) is 32.6 Å². The fourth-order valence-corrected chi connectivity index (χ4v) is 1.39. The molecular weight excluding hydrogens is 248 g/mol. The predicted molar refractivity (Wildman–Crippen MR) is 72.8 cm³/mol. The summed E-state index contributed by atoms with van der Waals surface area (Å²) in [5.41, 5.74) is 8.07. The number of rotatable bonds is 13. The van der Waals surface area contributed by atoms with Crippen LogP contribution in [0, 0.1) is 0 Å². The SMILES string of the molecule is CCOC(=O)CNCCCCOCCCCN=[N+]=[N-]. The van der Waals surface area contributed by atoms with Crippen LogP contribution < -0.4 is 5.32 Å². The molecule has 0 fully saturated rings. The highest BCUT2D eigenvalue weighted by atomic mass is 16.5. The molecule has 0 aliphatic heterocycles. The Hall–Kier alpha value is -1.30. The van der Waals surface area contributed by atoms with Crippen molar-refractivity contribution in [2.24, 2.45) is 5.11 Å². The van der Waals surface area contributed by atoms with Crippen LogP contribution in [0.5, 0.6) is 0 Å². The molecule has 0 rings (SSSR count). The Balaban J connectivity index is 3.06. The maximum absolute atomic E-state index is 11.0. The predicted octanol–water partition coefficient (Wildman–Crippen LogP) is 2.03. The van der Waals surface area contributed by atoms with Crippen LogP contribution in [-0.4, -0.2) is 45.4 Å². The molecule has 7 nitrogen and oxygen atoms in total. The molecule has 0 aromatic rings. The zero-order valence-electron chi connectivity index (χ0n) is 11.6. The second-order valence-corrected chi connectivity index (χ2v) is 3.96. The van der Waals surface area contributed by atoms with E-state index >= 15 is 0 Å². The maximum atomic E-state index is 11.0. The van der Waals surface area contributed by atoms with Gasteiger partial charge in [0.15, 0.2) is 0 Å². The normalized spacial score (nSPS) is 9.95. The Labute approximate surface area is 114 Å². The number of hydrogen-bond acceptors (Lipinski definition) is 5. The van der Waals surface area contributed by atoms with Crippen molar-refractivity contribution in [2.75, 3.05) is 39.5 Å². The largest absolute Gasteiger partial charge is 0.465 e. The highest BCUT2D eigenvalue weighted by Crippen LogP contribution is 1.94. The lowest BCUT2D eigenvalue weighted by Crippen LogP contribution is -2.25. The van der Waals surface area contributed by atoms with Crippen LogP contribution >= 0.6 is 0 Å². The summed E-state index contributed by atoms with van der Waals surface area (Å²) in [7, 11) is 0. The van der Waals surface area contributed by atoms with E-state index in [1.165, 1.54) is 0 Å². The first kappa shape index (κ1) is 17.7. The minimum Gasteiger partial charge on any atom is -0.465 e. The summed E-state index contributed by atoms with van der Waals surface area (Å²) in [6, 6.07) is 0. The summed E-state index contributed by atoms with van der Waals surface area (Å²) in [6.45, 7) is 5.25. The quantitative estimate of drug-likeness (QED) is 0.182. The van der Waals surface area contributed by atoms with Gasteiger partial charge in [-0.05, 0) is 44.7 Å². The molecule has 7 heteroatoms. The molecule has 0 aliphatic carbocycles. The van der Waals surface area contributed by atoms with Gasteiger partial charge in [-0.15, -0.1) is 0 Å². The Kier molecular flexibility index (Phi) is 13.7. The molecule has 0 bridgehead atoms. The number of hydrogen-bond donors (Lipinski definition) is 1. The number of carbonyl (C=O) groups is 1. The van der Waals surface area contributed by atoms with Gasteiger partial charge in [0.05, 0.1) is 13.2 Å². The highest BCUT2D eigenvalue weighted by molar-refractivity contribution is 5.71. The first-order chi connectivity index (χ1) is 9.31. The van der Waals surface area contributed by atoms with Crippen molar-refractivity contribution in [2.45, 2.75) is 32.6 Å². The summed E-state index contributed by atoms with van der Waals surface area (Å²) in [5.74, 6) is -0.209. The van der Waals surface area contributed by atoms with Crippen LogP contribution in [-0.2, 0) is 14.3 Å². The lowest BCUT2D eigenvalue weighted by Gasteiger charge is -2.05. The Morgan fingerprint density at radius 2 is 2.00 bits per heavy atom.